The average molecular weight is 350 g/mol. The molecule has 1 saturated heterocycles. The van der Waals surface area contributed by atoms with Crippen LogP contribution < -0.4 is 5.32 Å². The van der Waals surface area contributed by atoms with Gasteiger partial charge in [0.15, 0.2) is 0 Å². The van der Waals surface area contributed by atoms with Crippen molar-refractivity contribution in [2.75, 3.05) is 38.5 Å². The molecule has 2 N–H and O–H groups in total. The molecule has 1 aromatic carbocycles. The molecule has 8 nitrogen and oxygen atoms in total. The quantitative estimate of drug-likeness (QED) is 0.462. The summed E-state index contributed by atoms with van der Waals surface area (Å²) in [4.78, 5) is 15.9. The lowest BCUT2D eigenvalue weighted by Crippen LogP contribution is -2.42. The smallest absolute Gasteiger partial charge is 0.294 e. The molecule has 1 aliphatic heterocycles. The number of carbonyl (C=O) groups is 1. The Morgan fingerprint density at radius 2 is 2.00 bits per heavy atom. The van der Waals surface area contributed by atoms with Crippen molar-refractivity contribution in [3.05, 3.63) is 36.0 Å². The van der Waals surface area contributed by atoms with Crippen molar-refractivity contribution in [3.8, 4) is 6.07 Å². The normalized spacial score (nSPS) is 16.5. The Kier molecular flexibility index (Phi) is 5.56. The van der Waals surface area contributed by atoms with Gasteiger partial charge in [0.05, 0.1) is 4.90 Å². The van der Waals surface area contributed by atoms with E-state index in [4.69, 9.17) is 4.55 Å². The van der Waals surface area contributed by atoms with Gasteiger partial charge in [-0.15, -0.1) is 0 Å². The molecule has 0 aromatic heterocycles. The first-order chi connectivity index (χ1) is 11.3. The molecule has 24 heavy (non-hydrogen) atoms. The van der Waals surface area contributed by atoms with E-state index < -0.39 is 16.0 Å². The van der Waals surface area contributed by atoms with Gasteiger partial charge in [-0.25, -0.2) is 0 Å². The standard InChI is InChI=1S/C15H18N4O4S/c1-18-5-7-19(8-6-18)11-12(10-16)15(20)17-13-3-2-4-14(9-13)24(21,22)23/h2-4,9,11H,5-8H2,1H3,(H,17,20)(H,21,22,23)/b12-11-. The summed E-state index contributed by atoms with van der Waals surface area (Å²) in [7, 11) is -2.36. The van der Waals surface area contributed by atoms with Gasteiger partial charge in [0.25, 0.3) is 16.0 Å². The Hall–Kier alpha value is -2.41. The minimum Gasteiger partial charge on any atom is -0.374 e. The highest BCUT2D eigenvalue weighted by molar-refractivity contribution is 7.85. The van der Waals surface area contributed by atoms with Crippen LogP contribution in [0.3, 0.4) is 0 Å². The number of likely N-dealkylation sites (N-methyl/N-ethyl adjacent to an activating group) is 1. The van der Waals surface area contributed by atoms with E-state index in [9.17, 15) is 18.5 Å². The minimum absolute atomic E-state index is 0.0724. The van der Waals surface area contributed by atoms with Crippen molar-refractivity contribution in [1.29, 1.82) is 5.26 Å². The van der Waals surface area contributed by atoms with Crippen molar-refractivity contribution in [2.45, 2.75) is 4.90 Å². The van der Waals surface area contributed by atoms with Crippen LogP contribution in [0.15, 0.2) is 40.9 Å². The number of nitriles is 1. The van der Waals surface area contributed by atoms with Gasteiger partial charge in [0.2, 0.25) is 0 Å². The maximum atomic E-state index is 12.2. The zero-order valence-corrected chi connectivity index (χ0v) is 14.0. The maximum absolute atomic E-state index is 12.2. The summed E-state index contributed by atoms with van der Waals surface area (Å²) >= 11 is 0. The summed E-state index contributed by atoms with van der Waals surface area (Å²) in [5, 5.41) is 11.7. The first-order valence-electron chi connectivity index (χ1n) is 7.23. The van der Waals surface area contributed by atoms with E-state index in [-0.39, 0.29) is 16.2 Å². The first kappa shape index (κ1) is 17.9. The monoisotopic (exact) mass is 350 g/mol. The Balaban J connectivity index is 2.11. The fraction of sp³-hybridized carbons (Fsp3) is 0.333. The second-order valence-corrected chi connectivity index (χ2v) is 6.87. The molecular formula is C15H18N4O4S. The molecule has 1 fully saturated rings. The second kappa shape index (κ2) is 7.44. The molecule has 1 aliphatic rings. The van der Waals surface area contributed by atoms with Crippen molar-refractivity contribution in [2.24, 2.45) is 0 Å². The summed E-state index contributed by atoms with van der Waals surface area (Å²) in [6.07, 6.45) is 1.51. The third-order valence-electron chi connectivity index (χ3n) is 3.60. The van der Waals surface area contributed by atoms with Crippen molar-refractivity contribution in [1.82, 2.24) is 9.80 Å². The second-order valence-electron chi connectivity index (χ2n) is 5.45. The number of carbonyl (C=O) groups excluding carboxylic acids is 1. The Labute approximate surface area is 140 Å². The highest BCUT2D eigenvalue weighted by Gasteiger charge is 2.16. The van der Waals surface area contributed by atoms with E-state index in [1.54, 1.807) is 0 Å². The van der Waals surface area contributed by atoms with Crippen LogP contribution in [0, 0.1) is 11.3 Å². The predicted molar refractivity (Wildman–Crippen MR) is 87.7 cm³/mol. The van der Waals surface area contributed by atoms with Gasteiger partial charge in [-0.2, -0.15) is 13.7 Å². The molecule has 0 spiro atoms. The predicted octanol–water partition coefficient (Wildman–Crippen LogP) is 0.527. The Morgan fingerprint density at radius 1 is 1.33 bits per heavy atom. The topological polar surface area (TPSA) is 114 Å². The van der Waals surface area contributed by atoms with Crippen LogP contribution in [0.25, 0.3) is 0 Å². The zero-order valence-electron chi connectivity index (χ0n) is 13.1. The van der Waals surface area contributed by atoms with Crippen LogP contribution in [-0.4, -0.2) is 61.9 Å². The fourth-order valence-corrected chi connectivity index (χ4v) is 2.73. The molecule has 0 bridgehead atoms. The number of benzene rings is 1. The molecule has 9 heteroatoms. The van der Waals surface area contributed by atoms with Gasteiger partial charge in [0.1, 0.15) is 11.6 Å². The van der Waals surface area contributed by atoms with Crippen molar-refractivity contribution < 1.29 is 17.8 Å². The fourth-order valence-electron chi connectivity index (χ4n) is 2.20. The molecule has 0 aliphatic carbocycles. The summed E-state index contributed by atoms with van der Waals surface area (Å²) < 4.78 is 31.3. The zero-order chi connectivity index (χ0) is 17.7. The Morgan fingerprint density at radius 3 is 2.58 bits per heavy atom. The molecule has 0 saturated carbocycles. The van der Waals surface area contributed by atoms with E-state index in [0.29, 0.717) is 13.1 Å². The summed E-state index contributed by atoms with van der Waals surface area (Å²) in [5.74, 6) is -0.635. The maximum Gasteiger partial charge on any atom is 0.294 e. The van der Waals surface area contributed by atoms with Gasteiger partial charge >= 0.3 is 0 Å². The van der Waals surface area contributed by atoms with Crippen LogP contribution in [0.1, 0.15) is 0 Å². The lowest BCUT2D eigenvalue weighted by atomic mass is 10.2. The minimum atomic E-state index is -4.36. The number of nitrogens with zero attached hydrogens (tertiary/aromatic N) is 3. The number of rotatable bonds is 4. The largest absolute Gasteiger partial charge is 0.374 e. The van der Waals surface area contributed by atoms with Crippen LogP contribution in [0.4, 0.5) is 5.69 Å². The molecule has 1 heterocycles. The van der Waals surface area contributed by atoms with E-state index in [2.05, 4.69) is 10.2 Å². The van der Waals surface area contributed by atoms with Gasteiger partial charge in [0, 0.05) is 38.1 Å². The Bertz CT molecular complexity index is 790. The molecule has 0 unspecified atom stereocenters. The van der Waals surface area contributed by atoms with Crippen LogP contribution in [-0.2, 0) is 14.9 Å². The lowest BCUT2D eigenvalue weighted by molar-refractivity contribution is -0.112. The third-order valence-corrected chi connectivity index (χ3v) is 4.45. The summed E-state index contributed by atoms with van der Waals surface area (Å²) in [6, 6.07) is 7.03. The van der Waals surface area contributed by atoms with Crippen molar-refractivity contribution in [3.63, 3.8) is 0 Å². The van der Waals surface area contributed by atoms with Crippen LogP contribution in [0.2, 0.25) is 0 Å². The van der Waals surface area contributed by atoms with Crippen molar-refractivity contribution >= 4 is 21.7 Å². The number of amides is 1. The first-order valence-corrected chi connectivity index (χ1v) is 8.67. The van der Waals surface area contributed by atoms with E-state index in [1.165, 1.54) is 24.4 Å². The van der Waals surface area contributed by atoms with E-state index >= 15 is 0 Å². The molecule has 1 amide bonds. The van der Waals surface area contributed by atoms with Gasteiger partial charge in [-0.05, 0) is 25.2 Å². The average Bonchev–Trinajstić information content (AvgIpc) is 2.53. The number of nitrogens with one attached hydrogen (secondary N) is 1. The van der Waals surface area contributed by atoms with Gasteiger partial charge in [-0.1, -0.05) is 6.07 Å². The van der Waals surface area contributed by atoms with E-state index in [0.717, 1.165) is 19.2 Å². The number of hydrogen-bond acceptors (Lipinski definition) is 6. The molecular weight excluding hydrogens is 332 g/mol. The van der Waals surface area contributed by atoms with E-state index in [1.807, 2.05) is 18.0 Å². The lowest BCUT2D eigenvalue weighted by Gasteiger charge is -2.31. The summed E-state index contributed by atoms with van der Waals surface area (Å²) in [6.45, 7) is 3.11. The number of piperazine rings is 1. The molecule has 0 atom stereocenters. The number of hydrogen-bond donors (Lipinski definition) is 2. The van der Waals surface area contributed by atoms with Crippen LogP contribution in [0.5, 0.6) is 0 Å². The highest BCUT2D eigenvalue weighted by atomic mass is 32.2. The molecule has 1 aromatic rings. The molecule has 0 radical (unpaired) electrons. The summed E-state index contributed by atoms with van der Waals surface area (Å²) in [5.41, 5.74) is 0.103. The third kappa shape index (κ3) is 4.79. The molecule has 128 valence electrons. The van der Waals surface area contributed by atoms with Crippen LogP contribution >= 0.6 is 0 Å². The van der Waals surface area contributed by atoms with Gasteiger partial charge in [-0.3, -0.25) is 9.35 Å². The SMILES string of the molecule is CN1CCN(/C=C(/C#N)C(=O)Nc2cccc(S(=O)(=O)O)c2)CC1. The molecule has 2 rings (SSSR count). The number of anilines is 1. The van der Waals surface area contributed by atoms with Gasteiger partial charge < -0.3 is 15.1 Å². The highest BCUT2D eigenvalue weighted by Crippen LogP contribution is 2.16.